The molecule has 1 aliphatic rings. The predicted octanol–water partition coefficient (Wildman–Crippen LogP) is 2.44. The van der Waals surface area contributed by atoms with Crippen molar-refractivity contribution in [3.05, 3.63) is 34.9 Å². The second-order valence-electron chi connectivity index (χ2n) is 5.45. The van der Waals surface area contributed by atoms with Crippen molar-refractivity contribution in [3.63, 3.8) is 0 Å². The van der Waals surface area contributed by atoms with Crippen LogP contribution in [0.5, 0.6) is 0 Å². The topological polar surface area (TPSA) is 15.3 Å². The summed E-state index contributed by atoms with van der Waals surface area (Å²) in [4.78, 5) is 2.42. The lowest BCUT2D eigenvalue weighted by molar-refractivity contribution is 0.164. The van der Waals surface area contributed by atoms with Crippen molar-refractivity contribution < 1.29 is 0 Å². The fraction of sp³-hybridized carbons (Fsp3) is 0.600. The Balaban J connectivity index is 2.37. The zero-order valence-corrected chi connectivity index (χ0v) is 11.5. The molecular weight excluding hydrogens is 208 g/mol. The van der Waals surface area contributed by atoms with E-state index in [4.69, 9.17) is 0 Å². The van der Waals surface area contributed by atoms with E-state index in [1.165, 1.54) is 42.6 Å². The summed E-state index contributed by atoms with van der Waals surface area (Å²) in [5, 5.41) is 3.60. The van der Waals surface area contributed by atoms with Crippen molar-refractivity contribution in [2.45, 2.75) is 32.2 Å². The maximum absolute atomic E-state index is 3.60. The van der Waals surface area contributed by atoms with E-state index in [1.807, 2.05) is 0 Å². The average Bonchev–Trinajstić information content (AvgIpc) is 2.34. The molecule has 17 heavy (non-hydrogen) atoms. The van der Waals surface area contributed by atoms with Gasteiger partial charge in [0.2, 0.25) is 0 Å². The fourth-order valence-electron chi connectivity index (χ4n) is 2.91. The Kier molecular flexibility index (Phi) is 3.55. The largest absolute Gasteiger partial charge is 0.310 e. The number of rotatable bonds is 2. The molecule has 1 aliphatic heterocycles. The number of likely N-dealkylation sites (tertiary alicyclic amines) is 1. The number of benzene rings is 1. The number of aryl methyl sites for hydroxylation is 2. The van der Waals surface area contributed by atoms with Crippen molar-refractivity contribution >= 4 is 0 Å². The molecule has 1 heterocycles. The van der Waals surface area contributed by atoms with Crippen molar-refractivity contribution in [2.75, 3.05) is 27.2 Å². The molecule has 2 nitrogen and oxygen atoms in total. The molecule has 0 aliphatic carbocycles. The van der Waals surface area contributed by atoms with Crippen LogP contribution in [0.4, 0.5) is 0 Å². The van der Waals surface area contributed by atoms with Gasteiger partial charge in [0.05, 0.1) is 0 Å². The second-order valence-corrected chi connectivity index (χ2v) is 5.45. The van der Waals surface area contributed by atoms with Gasteiger partial charge in [0, 0.05) is 5.54 Å². The van der Waals surface area contributed by atoms with Crippen molar-refractivity contribution in [2.24, 2.45) is 0 Å². The van der Waals surface area contributed by atoms with Gasteiger partial charge in [0.1, 0.15) is 0 Å². The van der Waals surface area contributed by atoms with E-state index in [-0.39, 0.29) is 5.54 Å². The Morgan fingerprint density at radius 1 is 1.18 bits per heavy atom. The highest BCUT2D eigenvalue weighted by Crippen LogP contribution is 2.34. The van der Waals surface area contributed by atoms with Crippen LogP contribution >= 0.6 is 0 Å². The summed E-state index contributed by atoms with van der Waals surface area (Å²) >= 11 is 0. The van der Waals surface area contributed by atoms with Gasteiger partial charge in [-0.15, -0.1) is 0 Å². The molecule has 0 bridgehead atoms. The van der Waals surface area contributed by atoms with Crippen molar-refractivity contribution in [3.8, 4) is 0 Å². The third-order valence-electron chi connectivity index (χ3n) is 4.23. The molecule has 0 aromatic heterocycles. The first-order chi connectivity index (χ1) is 8.07. The van der Waals surface area contributed by atoms with E-state index < -0.39 is 0 Å². The maximum Gasteiger partial charge on any atom is 0.0459 e. The molecule has 1 aromatic carbocycles. The summed E-state index contributed by atoms with van der Waals surface area (Å²) in [6, 6.07) is 6.82. The third kappa shape index (κ3) is 2.38. The highest BCUT2D eigenvalue weighted by molar-refractivity contribution is 5.36. The molecule has 0 spiro atoms. The smallest absolute Gasteiger partial charge is 0.0459 e. The average molecular weight is 232 g/mol. The van der Waals surface area contributed by atoms with Crippen LogP contribution in [-0.4, -0.2) is 32.1 Å². The molecule has 1 fully saturated rings. The van der Waals surface area contributed by atoms with Gasteiger partial charge in [0.15, 0.2) is 0 Å². The summed E-state index contributed by atoms with van der Waals surface area (Å²) in [5.74, 6) is 0. The van der Waals surface area contributed by atoms with Crippen LogP contribution in [0.2, 0.25) is 0 Å². The molecule has 0 unspecified atom stereocenters. The van der Waals surface area contributed by atoms with Crippen LogP contribution in [-0.2, 0) is 5.54 Å². The number of hydrogen-bond donors (Lipinski definition) is 1. The molecule has 2 heteroatoms. The van der Waals surface area contributed by atoms with Crippen LogP contribution in [0.15, 0.2) is 18.2 Å². The van der Waals surface area contributed by atoms with E-state index >= 15 is 0 Å². The highest BCUT2D eigenvalue weighted by Gasteiger charge is 2.34. The van der Waals surface area contributed by atoms with E-state index in [0.717, 1.165) is 0 Å². The zero-order chi connectivity index (χ0) is 12.5. The Morgan fingerprint density at radius 3 is 2.41 bits per heavy atom. The lowest BCUT2D eigenvalue weighted by atomic mass is 9.78. The van der Waals surface area contributed by atoms with E-state index in [1.54, 1.807) is 0 Å². The summed E-state index contributed by atoms with van der Waals surface area (Å²) in [6.07, 6.45) is 2.40. The van der Waals surface area contributed by atoms with Gasteiger partial charge >= 0.3 is 0 Å². The number of hydrogen-bond acceptors (Lipinski definition) is 2. The molecule has 1 saturated heterocycles. The maximum atomic E-state index is 3.60. The zero-order valence-electron chi connectivity index (χ0n) is 11.5. The van der Waals surface area contributed by atoms with Gasteiger partial charge in [-0.25, -0.2) is 0 Å². The van der Waals surface area contributed by atoms with Crippen molar-refractivity contribution in [1.82, 2.24) is 10.2 Å². The van der Waals surface area contributed by atoms with Gasteiger partial charge in [-0.1, -0.05) is 23.8 Å². The minimum Gasteiger partial charge on any atom is -0.310 e. The molecule has 0 atom stereocenters. The molecular formula is C15H24N2. The normalized spacial score (nSPS) is 20.5. The highest BCUT2D eigenvalue weighted by atomic mass is 15.1. The molecule has 2 rings (SSSR count). The lowest BCUT2D eigenvalue weighted by Crippen LogP contribution is -2.49. The van der Waals surface area contributed by atoms with E-state index in [2.05, 4.69) is 56.4 Å². The summed E-state index contributed by atoms with van der Waals surface area (Å²) in [7, 11) is 4.32. The van der Waals surface area contributed by atoms with Crippen LogP contribution in [0, 0.1) is 13.8 Å². The first-order valence-electron chi connectivity index (χ1n) is 6.52. The van der Waals surface area contributed by atoms with Gasteiger partial charge in [-0.3, -0.25) is 0 Å². The summed E-state index contributed by atoms with van der Waals surface area (Å²) < 4.78 is 0. The molecule has 0 saturated carbocycles. The Bertz CT molecular complexity index is 390. The molecule has 0 amide bonds. The predicted molar refractivity (Wildman–Crippen MR) is 73.4 cm³/mol. The summed E-state index contributed by atoms with van der Waals surface area (Å²) in [5.41, 5.74) is 4.45. The first-order valence-corrected chi connectivity index (χ1v) is 6.52. The standard InChI is InChI=1S/C15H24N2/c1-12-5-6-13(2)14(11-12)15(16-3)7-9-17(4)10-8-15/h5-6,11,16H,7-10H2,1-4H3. The van der Waals surface area contributed by atoms with Gasteiger partial charge in [-0.05, 0) is 65.0 Å². The number of nitrogens with zero attached hydrogens (tertiary/aromatic N) is 1. The molecule has 0 radical (unpaired) electrons. The Labute approximate surface area is 105 Å². The monoisotopic (exact) mass is 232 g/mol. The lowest BCUT2D eigenvalue weighted by Gasteiger charge is -2.42. The number of piperidine rings is 1. The van der Waals surface area contributed by atoms with Crippen LogP contribution in [0.3, 0.4) is 0 Å². The minimum atomic E-state index is 0.183. The first kappa shape index (κ1) is 12.6. The van der Waals surface area contributed by atoms with Gasteiger partial charge < -0.3 is 10.2 Å². The third-order valence-corrected chi connectivity index (χ3v) is 4.23. The Hall–Kier alpha value is -0.860. The van der Waals surface area contributed by atoms with E-state index in [0.29, 0.717) is 0 Å². The fourth-order valence-corrected chi connectivity index (χ4v) is 2.91. The van der Waals surface area contributed by atoms with E-state index in [9.17, 15) is 0 Å². The SMILES string of the molecule is CNC1(c2cc(C)ccc2C)CCN(C)CC1. The Morgan fingerprint density at radius 2 is 1.82 bits per heavy atom. The minimum absolute atomic E-state index is 0.183. The molecule has 1 aromatic rings. The van der Waals surface area contributed by atoms with Gasteiger partial charge in [0.25, 0.3) is 0 Å². The van der Waals surface area contributed by atoms with Crippen LogP contribution in [0.1, 0.15) is 29.5 Å². The summed E-state index contributed by atoms with van der Waals surface area (Å²) in [6.45, 7) is 6.76. The molecule has 94 valence electrons. The van der Waals surface area contributed by atoms with Crippen LogP contribution < -0.4 is 5.32 Å². The molecule has 1 N–H and O–H groups in total. The number of nitrogens with one attached hydrogen (secondary N) is 1. The quantitative estimate of drug-likeness (QED) is 0.842. The second kappa shape index (κ2) is 4.79. The van der Waals surface area contributed by atoms with Crippen molar-refractivity contribution in [1.29, 1.82) is 0 Å². The van der Waals surface area contributed by atoms with Gasteiger partial charge in [-0.2, -0.15) is 0 Å². The van der Waals surface area contributed by atoms with Crippen LogP contribution in [0.25, 0.3) is 0 Å².